The van der Waals surface area contributed by atoms with Crippen LogP contribution in [0.3, 0.4) is 0 Å². The van der Waals surface area contributed by atoms with Gasteiger partial charge in [0.05, 0.1) is 24.6 Å². The molecule has 0 saturated carbocycles. The monoisotopic (exact) mass is 515 g/mol. The fourth-order valence-electron chi connectivity index (χ4n) is 4.07. The second-order valence-electron chi connectivity index (χ2n) is 8.20. The Bertz CT molecular complexity index is 1230. The molecule has 0 bridgehead atoms. The van der Waals surface area contributed by atoms with E-state index in [0.29, 0.717) is 17.8 Å². The summed E-state index contributed by atoms with van der Waals surface area (Å²) in [6.07, 6.45) is -4.95. The third kappa shape index (κ3) is 5.33. The molecule has 1 unspecified atom stereocenters. The lowest BCUT2D eigenvalue weighted by Gasteiger charge is -2.37. The number of fused-ring (bicyclic) bond motifs is 1. The highest BCUT2D eigenvalue weighted by Gasteiger charge is 2.49. The summed E-state index contributed by atoms with van der Waals surface area (Å²) in [5, 5.41) is 1.67. The van der Waals surface area contributed by atoms with Gasteiger partial charge in [-0.1, -0.05) is 72.4 Å². The minimum atomic E-state index is -4.87. The first kappa shape index (κ1) is 25.6. The van der Waals surface area contributed by atoms with Gasteiger partial charge >= 0.3 is 12.1 Å². The minimum absolute atomic E-state index is 0.0535. The summed E-state index contributed by atoms with van der Waals surface area (Å²) in [5.74, 6) is -1.31. The zero-order chi connectivity index (χ0) is 25.9. The quantitative estimate of drug-likeness (QED) is 0.461. The number of allylic oxidation sites excluding steroid dienone is 1. The van der Waals surface area contributed by atoms with Crippen LogP contribution in [0.25, 0.3) is 0 Å². The van der Waals surface area contributed by atoms with Crippen molar-refractivity contribution >= 4 is 28.8 Å². The number of ether oxygens (including phenoxy) is 1. The molecule has 0 spiro atoms. The van der Waals surface area contributed by atoms with Gasteiger partial charge in [0.1, 0.15) is 0 Å². The van der Waals surface area contributed by atoms with Gasteiger partial charge in [0.25, 0.3) is 0 Å². The molecule has 1 atom stereocenters. The Morgan fingerprint density at radius 3 is 2.33 bits per heavy atom. The molecular weight excluding hydrogens is 491 g/mol. The Morgan fingerprint density at radius 1 is 1.08 bits per heavy atom. The maximum absolute atomic E-state index is 14.1. The van der Waals surface area contributed by atoms with Crippen molar-refractivity contribution in [2.24, 2.45) is 4.99 Å². The molecule has 4 rings (SSSR count). The molecule has 2 aliphatic heterocycles. The van der Waals surface area contributed by atoms with Gasteiger partial charge in [0, 0.05) is 19.3 Å². The molecular formula is C26H24F3N3O3S. The fraction of sp³-hybridized carbons (Fsp3) is 0.269. The van der Waals surface area contributed by atoms with Gasteiger partial charge in [-0.3, -0.25) is 4.79 Å². The number of amidine groups is 1. The van der Waals surface area contributed by atoms with Crippen LogP contribution in [0.2, 0.25) is 0 Å². The number of aliphatic imine (C=N–C) groups is 1. The molecule has 2 aliphatic rings. The summed E-state index contributed by atoms with van der Waals surface area (Å²) >= 11 is 0.994. The molecule has 0 aromatic heterocycles. The van der Waals surface area contributed by atoms with Gasteiger partial charge < -0.3 is 14.5 Å². The molecule has 188 valence electrons. The smallest absolute Gasteiger partial charge is 0.434 e. The van der Waals surface area contributed by atoms with E-state index in [9.17, 15) is 22.8 Å². The Morgan fingerprint density at radius 2 is 1.72 bits per heavy atom. The van der Waals surface area contributed by atoms with Gasteiger partial charge in [-0.2, -0.15) is 13.2 Å². The normalized spacial score (nSPS) is 17.4. The van der Waals surface area contributed by atoms with E-state index in [-0.39, 0.29) is 24.1 Å². The number of amides is 1. The number of benzene rings is 2. The first-order chi connectivity index (χ1) is 17.2. The van der Waals surface area contributed by atoms with Crippen LogP contribution >= 0.6 is 11.8 Å². The van der Waals surface area contributed by atoms with Crippen molar-refractivity contribution < 1.29 is 27.5 Å². The largest absolute Gasteiger partial charge is 0.463 e. The zero-order valence-corrected chi connectivity index (χ0v) is 20.5. The van der Waals surface area contributed by atoms with Gasteiger partial charge in [0.2, 0.25) is 5.91 Å². The van der Waals surface area contributed by atoms with E-state index in [2.05, 4.69) is 4.99 Å². The Kier molecular flexibility index (Phi) is 7.53. The van der Waals surface area contributed by atoms with E-state index >= 15 is 0 Å². The molecule has 0 fully saturated rings. The zero-order valence-electron chi connectivity index (χ0n) is 19.7. The van der Waals surface area contributed by atoms with Crippen molar-refractivity contribution in [2.75, 3.05) is 13.7 Å². The molecule has 6 nitrogen and oxygen atoms in total. The number of carbonyl (C=O) groups is 2. The van der Waals surface area contributed by atoms with Crippen LogP contribution in [0.5, 0.6) is 0 Å². The Balaban J connectivity index is 1.70. The number of hydrogen-bond acceptors (Lipinski definition) is 6. The van der Waals surface area contributed by atoms with Crippen molar-refractivity contribution in [3.8, 4) is 0 Å². The summed E-state index contributed by atoms with van der Waals surface area (Å²) in [6, 6.07) is 16.7. The molecule has 0 radical (unpaired) electrons. The van der Waals surface area contributed by atoms with Crippen LogP contribution in [0.4, 0.5) is 13.2 Å². The second-order valence-corrected chi connectivity index (χ2v) is 9.03. The minimum Gasteiger partial charge on any atom is -0.463 e. The molecule has 2 heterocycles. The number of nitrogens with zero attached hydrogens (tertiary/aromatic N) is 3. The lowest BCUT2D eigenvalue weighted by molar-refractivity contribution is -0.140. The Labute approximate surface area is 211 Å². The molecule has 10 heteroatoms. The lowest BCUT2D eigenvalue weighted by atomic mass is 9.93. The fourth-order valence-corrected chi connectivity index (χ4v) is 4.99. The average molecular weight is 516 g/mol. The number of halogens is 3. The predicted molar refractivity (Wildman–Crippen MR) is 131 cm³/mol. The number of carbonyl (C=O) groups excluding carboxylic acids is 2. The van der Waals surface area contributed by atoms with Crippen LogP contribution in [0.1, 0.15) is 30.5 Å². The second kappa shape index (κ2) is 10.6. The van der Waals surface area contributed by atoms with Gasteiger partial charge in [-0.15, -0.1) is 0 Å². The third-order valence-electron chi connectivity index (χ3n) is 5.71. The Hall–Kier alpha value is -3.53. The van der Waals surface area contributed by atoms with Gasteiger partial charge in [-0.05, 0) is 23.5 Å². The topological polar surface area (TPSA) is 62.2 Å². The number of hydrogen-bond donors (Lipinski definition) is 0. The summed E-state index contributed by atoms with van der Waals surface area (Å²) in [6.45, 7) is 1.82. The standard InChI is InChI=1S/C26H24F3N3O3S/c1-3-35-24(34)21-22(18-12-8-5-9-13-18)32-19(16-36-25(32)30-23(21)26(27,28)29)14-20(33)31(2)15-17-10-6-4-7-11-17/h4-13,16,22H,3,14-15H2,1-2H3. The summed E-state index contributed by atoms with van der Waals surface area (Å²) in [4.78, 5) is 32.9. The molecule has 0 N–H and O–H groups in total. The van der Waals surface area contributed by atoms with E-state index in [1.54, 1.807) is 47.7 Å². The lowest BCUT2D eigenvalue weighted by Crippen LogP contribution is -2.40. The molecule has 36 heavy (non-hydrogen) atoms. The van der Waals surface area contributed by atoms with Crippen LogP contribution < -0.4 is 0 Å². The molecule has 2 aromatic carbocycles. The van der Waals surface area contributed by atoms with Crippen LogP contribution in [-0.2, 0) is 20.9 Å². The highest BCUT2D eigenvalue weighted by Crippen LogP contribution is 2.48. The number of rotatable bonds is 7. The summed E-state index contributed by atoms with van der Waals surface area (Å²) in [7, 11) is 1.67. The average Bonchev–Trinajstić information content (AvgIpc) is 3.26. The summed E-state index contributed by atoms with van der Waals surface area (Å²) in [5.41, 5.74) is -0.0184. The third-order valence-corrected chi connectivity index (χ3v) is 6.60. The van der Waals surface area contributed by atoms with Gasteiger partial charge in [0.15, 0.2) is 10.9 Å². The SMILES string of the molecule is CCOC(=O)C1=C(C(F)(F)F)N=C2SC=C(CC(=O)N(C)Cc3ccccc3)N2C1c1ccccc1. The number of thioether (sulfide) groups is 1. The molecule has 0 aliphatic carbocycles. The first-order valence-electron chi connectivity index (χ1n) is 11.3. The van der Waals surface area contributed by atoms with E-state index < -0.39 is 29.5 Å². The highest BCUT2D eigenvalue weighted by atomic mass is 32.2. The van der Waals surface area contributed by atoms with E-state index in [1.165, 1.54) is 11.8 Å². The van der Waals surface area contributed by atoms with E-state index in [1.807, 2.05) is 30.3 Å². The first-order valence-corrected chi connectivity index (χ1v) is 12.1. The summed E-state index contributed by atoms with van der Waals surface area (Å²) < 4.78 is 47.3. The van der Waals surface area contributed by atoms with Crippen molar-refractivity contribution in [2.45, 2.75) is 32.1 Å². The van der Waals surface area contributed by atoms with Crippen molar-refractivity contribution in [1.82, 2.24) is 9.80 Å². The maximum atomic E-state index is 14.1. The molecule has 0 saturated heterocycles. The van der Waals surface area contributed by atoms with E-state index in [0.717, 1.165) is 17.3 Å². The van der Waals surface area contributed by atoms with Crippen LogP contribution in [0, 0.1) is 0 Å². The van der Waals surface area contributed by atoms with Crippen molar-refractivity contribution in [1.29, 1.82) is 0 Å². The predicted octanol–water partition coefficient (Wildman–Crippen LogP) is 5.42. The van der Waals surface area contributed by atoms with Crippen molar-refractivity contribution in [3.63, 3.8) is 0 Å². The van der Waals surface area contributed by atoms with Crippen LogP contribution in [0.15, 0.2) is 88.0 Å². The number of alkyl halides is 3. The number of esters is 1. The molecule has 1 amide bonds. The van der Waals surface area contributed by atoms with Crippen LogP contribution in [-0.4, -0.2) is 46.7 Å². The molecule has 2 aromatic rings. The maximum Gasteiger partial charge on any atom is 0.434 e. The highest BCUT2D eigenvalue weighted by molar-refractivity contribution is 8.16. The van der Waals surface area contributed by atoms with Gasteiger partial charge in [-0.25, -0.2) is 9.79 Å². The van der Waals surface area contributed by atoms with Crippen molar-refractivity contribution in [3.05, 3.63) is 94.2 Å². The van der Waals surface area contributed by atoms with E-state index in [4.69, 9.17) is 4.74 Å².